The first-order valence-corrected chi connectivity index (χ1v) is 6.83. The van der Waals surface area contributed by atoms with Gasteiger partial charge < -0.3 is 4.90 Å². The molecule has 90 valence electrons. The van der Waals surface area contributed by atoms with E-state index in [2.05, 4.69) is 33.9 Å². The van der Waals surface area contributed by atoms with Crippen LogP contribution in [0.3, 0.4) is 0 Å². The van der Waals surface area contributed by atoms with Crippen LogP contribution in [0.1, 0.15) is 12.5 Å². The van der Waals surface area contributed by atoms with Gasteiger partial charge in [0.05, 0.1) is 0 Å². The lowest BCUT2D eigenvalue weighted by Gasteiger charge is -1.98. The van der Waals surface area contributed by atoms with Crippen LogP contribution in [0, 0.1) is 0 Å². The van der Waals surface area contributed by atoms with Gasteiger partial charge in [-0.1, -0.05) is 6.92 Å². The zero-order chi connectivity index (χ0) is 12.4. The molecule has 0 saturated carbocycles. The highest BCUT2D eigenvalue weighted by atomic mass is 79.9. The van der Waals surface area contributed by atoms with E-state index in [9.17, 15) is 4.79 Å². The number of carbonyl (C=O) groups excluding carboxylic acids is 1. The fourth-order valence-electron chi connectivity index (χ4n) is 0.755. The smallest absolute Gasteiger partial charge is 0.209 e. The van der Waals surface area contributed by atoms with Crippen LogP contribution < -0.4 is 0 Å². The molecule has 1 aromatic heterocycles. The van der Waals surface area contributed by atoms with Crippen LogP contribution >= 0.6 is 27.7 Å². The topological polar surface area (TPSA) is 33.2 Å². The van der Waals surface area contributed by atoms with Gasteiger partial charge in [0.25, 0.3) is 0 Å². The minimum Gasteiger partial charge on any atom is -0.351 e. The Kier molecular flexibility index (Phi) is 9.33. The lowest BCUT2D eigenvalue weighted by molar-refractivity contribution is -0.115. The monoisotopic (exact) mass is 304 g/mol. The lowest BCUT2D eigenvalue weighted by Crippen LogP contribution is -2.06. The van der Waals surface area contributed by atoms with Crippen LogP contribution in [0.5, 0.6) is 0 Å². The molecule has 3 nitrogen and oxygen atoms in total. The fraction of sp³-hybridized carbons (Fsp3) is 0.455. The maximum Gasteiger partial charge on any atom is 0.209 e. The highest BCUT2D eigenvalue weighted by Gasteiger charge is 1.93. The van der Waals surface area contributed by atoms with E-state index in [1.165, 1.54) is 10.5 Å². The third kappa shape index (κ3) is 8.73. The van der Waals surface area contributed by atoms with Crippen molar-refractivity contribution in [2.24, 2.45) is 0 Å². The SMILES string of the molecule is CCSCc1cncc(Br)c1.CN(C)C=O. The second kappa shape index (κ2) is 9.66. The number of hydrogen-bond acceptors (Lipinski definition) is 3. The zero-order valence-electron chi connectivity index (χ0n) is 9.81. The Balaban J connectivity index is 0.000000385. The summed E-state index contributed by atoms with van der Waals surface area (Å²) in [7, 11) is 3.38. The second-order valence-corrected chi connectivity index (χ2v) is 5.41. The summed E-state index contributed by atoms with van der Waals surface area (Å²) < 4.78 is 1.06. The Bertz CT molecular complexity index is 308. The van der Waals surface area contributed by atoms with Crippen LogP contribution in [0.25, 0.3) is 0 Å². The van der Waals surface area contributed by atoms with Gasteiger partial charge in [-0.3, -0.25) is 9.78 Å². The van der Waals surface area contributed by atoms with Gasteiger partial charge in [0, 0.05) is 36.7 Å². The first-order valence-electron chi connectivity index (χ1n) is 4.89. The quantitative estimate of drug-likeness (QED) is 0.802. The molecule has 0 aliphatic rings. The maximum atomic E-state index is 9.43. The summed E-state index contributed by atoms with van der Waals surface area (Å²) in [6.45, 7) is 2.16. The first-order chi connectivity index (χ1) is 7.60. The van der Waals surface area contributed by atoms with Gasteiger partial charge in [-0.2, -0.15) is 11.8 Å². The Morgan fingerprint density at radius 3 is 2.56 bits per heavy atom. The predicted molar refractivity (Wildman–Crippen MR) is 73.5 cm³/mol. The Labute approximate surface area is 110 Å². The number of rotatable bonds is 4. The molecule has 1 amide bonds. The van der Waals surface area contributed by atoms with Crippen molar-refractivity contribution in [1.82, 2.24) is 9.88 Å². The molecule has 0 aromatic carbocycles. The molecule has 0 N–H and O–H groups in total. The van der Waals surface area contributed by atoms with Crippen molar-refractivity contribution in [2.75, 3.05) is 19.8 Å². The Morgan fingerprint density at radius 2 is 2.12 bits per heavy atom. The minimum absolute atomic E-state index is 0.750. The van der Waals surface area contributed by atoms with E-state index in [-0.39, 0.29) is 0 Å². The van der Waals surface area contributed by atoms with E-state index in [1.54, 1.807) is 20.3 Å². The van der Waals surface area contributed by atoms with Crippen LogP contribution in [-0.2, 0) is 10.5 Å². The molecular weight excluding hydrogens is 288 g/mol. The number of nitrogens with zero attached hydrogens (tertiary/aromatic N) is 2. The summed E-state index contributed by atoms with van der Waals surface area (Å²) in [5.74, 6) is 2.22. The molecule has 16 heavy (non-hydrogen) atoms. The average Bonchev–Trinajstić information content (AvgIpc) is 2.27. The summed E-state index contributed by atoms with van der Waals surface area (Å²) >= 11 is 5.29. The third-order valence-electron chi connectivity index (χ3n) is 1.45. The molecule has 5 heteroatoms. The Morgan fingerprint density at radius 1 is 1.50 bits per heavy atom. The molecule has 0 aliphatic heterocycles. The number of hydrogen-bond donors (Lipinski definition) is 0. The number of amides is 1. The van der Waals surface area contributed by atoms with Crippen molar-refractivity contribution in [2.45, 2.75) is 12.7 Å². The van der Waals surface area contributed by atoms with Crippen LogP contribution in [-0.4, -0.2) is 36.1 Å². The van der Waals surface area contributed by atoms with Crippen molar-refractivity contribution in [1.29, 1.82) is 0 Å². The van der Waals surface area contributed by atoms with Gasteiger partial charge in [-0.05, 0) is 33.3 Å². The fourth-order valence-corrected chi connectivity index (χ4v) is 1.76. The highest BCUT2D eigenvalue weighted by molar-refractivity contribution is 9.10. The molecule has 0 bridgehead atoms. The number of thioether (sulfide) groups is 1. The second-order valence-electron chi connectivity index (χ2n) is 3.22. The van der Waals surface area contributed by atoms with Crippen molar-refractivity contribution < 1.29 is 4.79 Å². The van der Waals surface area contributed by atoms with Crippen molar-refractivity contribution in [3.05, 3.63) is 28.5 Å². The molecule has 0 aliphatic carbocycles. The molecule has 1 rings (SSSR count). The summed E-state index contributed by atoms with van der Waals surface area (Å²) in [5.41, 5.74) is 1.28. The molecule has 1 aromatic rings. The molecule has 1 heterocycles. The van der Waals surface area contributed by atoms with Crippen LogP contribution in [0.2, 0.25) is 0 Å². The average molecular weight is 305 g/mol. The van der Waals surface area contributed by atoms with E-state index in [1.807, 2.05) is 18.0 Å². The van der Waals surface area contributed by atoms with Gasteiger partial charge in [0.2, 0.25) is 6.41 Å². The molecule has 0 atom stereocenters. The van der Waals surface area contributed by atoms with Gasteiger partial charge >= 0.3 is 0 Å². The number of aromatic nitrogens is 1. The molecule has 0 saturated heterocycles. The maximum absolute atomic E-state index is 9.43. The summed E-state index contributed by atoms with van der Waals surface area (Å²) in [6.07, 6.45) is 4.47. The van der Waals surface area contributed by atoms with Crippen LogP contribution in [0.4, 0.5) is 0 Å². The van der Waals surface area contributed by atoms with E-state index in [4.69, 9.17) is 0 Å². The van der Waals surface area contributed by atoms with E-state index in [0.717, 1.165) is 22.4 Å². The van der Waals surface area contributed by atoms with Gasteiger partial charge in [0.15, 0.2) is 0 Å². The Hall–Kier alpha value is -0.550. The largest absolute Gasteiger partial charge is 0.351 e. The highest BCUT2D eigenvalue weighted by Crippen LogP contribution is 2.14. The van der Waals surface area contributed by atoms with Gasteiger partial charge in [0.1, 0.15) is 0 Å². The van der Waals surface area contributed by atoms with Gasteiger partial charge in [-0.25, -0.2) is 0 Å². The normalized spacial score (nSPS) is 9.00. The molecular formula is C11H17BrN2OS. The molecule has 0 unspecified atom stereocenters. The van der Waals surface area contributed by atoms with Crippen LogP contribution in [0.15, 0.2) is 22.9 Å². The van der Waals surface area contributed by atoms with Crippen molar-refractivity contribution >= 4 is 34.1 Å². The van der Waals surface area contributed by atoms with Crippen molar-refractivity contribution in [3.63, 3.8) is 0 Å². The summed E-state index contributed by atoms with van der Waals surface area (Å²) in [6, 6.07) is 2.11. The summed E-state index contributed by atoms with van der Waals surface area (Å²) in [5, 5.41) is 0. The lowest BCUT2D eigenvalue weighted by atomic mass is 10.3. The summed E-state index contributed by atoms with van der Waals surface area (Å²) in [4.78, 5) is 15.0. The predicted octanol–water partition coefficient (Wildman–Crippen LogP) is 2.80. The van der Waals surface area contributed by atoms with E-state index < -0.39 is 0 Å². The zero-order valence-corrected chi connectivity index (χ0v) is 12.2. The number of halogens is 1. The molecule has 0 radical (unpaired) electrons. The first kappa shape index (κ1) is 15.4. The number of carbonyl (C=O) groups is 1. The standard InChI is InChI=1S/C8H10BrNS.C3H7NO/c1-2-11-6-7-3-8(9)5-10-4-7;1-4(2)3-5/h3-5H,2,6H2,1H3;3H,1-2H3. The van der Waals surface area contributed by atoms with E-state index >= 15 is 0 Å². The van der Waals surface area contributed by atoms with E-state index in [0.29, 0.717) is 0 Å². The third-order valence-corrected chi connectivity index (χ3v) is 2.82. The molecule has 0 spiro atoms. The minimum atomic E-state index is 0.750. The number of pyridine rings is 1. The molecule has 0 fully saturated rings. The van der Waals surface area contributed by atoms with Gasteiger partial charge in [-0.15, -0.1) is 0 Å². The van der Waals surface area contributed by atoms with Crippen molar-refractivity contribution in [3.8, 4) is 0 Å².